The van der Waals surface area contributed by atoms with E-state index in [9.17, 15) is 0 Å². The second kappa shape index (κ2) is 8.17. The number of hydrogen-bond acceptors (Lipinski definition) is 4. The number of benzene rings is 2. The van der Waals surface area contributed by atoms with Gasteiger partial charge in [-0.1, -0.05) is 54.1 Å². The Balaban J connectivity index is 1.32. The zero-order valence-corrected chi connectivity index (χ0v) is 17.8. The van der Waals surface area contributed by atoms with Crippen LogP contribution in [0.1, 0.15) is 35.7 Å². The van der Waals surface area contributed by atoms with Crippen LogP contribution in [0.5, 0.6) is 0 Å². The van der Waals surface area contributed by atoms with E-state index in [2.05, 4.69) is 56.4 Å². The van der Waals surface area contributed by atoms with Crippen LogP contribution in [-0.4, -0.2) is 37.6 Å². The fraction of sp³-hybridized carbons (Fsp3) is 0.292. The monoisotopic (exact) mass is 417 g/mol. The summed E-state index contributed by atoms with van der Waals surface area (Å²) < 4.78 is 1.90. The molecule has 0 spiro atoms. The van der Waals surface area contributed by atoms with E-state index >= 15 is 0 Å². The predicted molar refractivity (Wildman–Crippen MR) is 120 cm³/mol. The molecule has 0 amide bonds. The third kappa shape index (κ3) is 3.83. The average molecular weight is 418 g/mol. The summed E-state index contributed by atoms with van der Waals surface area (Å²) in [6.07, 6.45) is 3.94. The topological polar surface area (TPSA) is 46.3 Å². The molecule has 0 radical (unpaired) electrons. The standard InChI is InChI=1S/C24H24ClN5/c1-17-13-23(30-24(28-17)26-16-27-30)20-5-4-12-29(15-20)14-18-8-10-19(11-9-18)21-6-2-3-7-22(21)25/h2-3,6-11,13,16,20H,4-5,12,14-15H2,1H3. The molecular formula is C24H24ClN5. The number of likely N-dealkylation sites (tertiary alicyclic amines) is 1. The lowest BCUT2D eigenvalue weighted by atomic mass is 9.93. The van der Waals surface area contributed by atoms with Gasteiger partial charge in [-0.2, -0.15) is 10.1 Å². The Morgan fingerprint density at radius 3 is 2.77 bits per heavy atom. The molecule has 5 nitrogen and oxygen atoms in total. The van der Waals surface area contributed by atoms with Gasteiger partial charge in [0.2, 0.25) is 0 Å². The summed E-state index contributed by atoms with van der Waals surface area (Å²) in [4.78, 5) is 11.3. The number of halogens is 1. The number of fused-ring (bicyclic) bond motifs is 1. The van der Waals surface area contributed by atoms with Crippen molar-refractivity contribution in [1.82, 2.24) is 24.5 Å². The molecule has 2 aromatic carbocycles. The van der Waals surface area contributed by atoms with Gasteiger partial charge >= 0.3 is 0 Å². The molecule has 4 aromatic rings. The number of rotatable bonds is 4. The van der Waals surface area contributed by atoms with E-state index < -0.39 is 0 Å². The summed E-state index contributed by atoms with van der Waals surface area (Å²) >= 11 is 6.35. The van der Waals surface area contributed by atoms with Gasteiger partial charge < -0.3 is 0 Å². The van der Waals surface area contributed by atoms with E-state index in [1.807, 2.05) is 29.6 Å². The molecule has 0 saturated carbocycles. The highest BCUT2D eigenvalue weighted by Gasteiger charge is 2.24. The van der Waals surface area contributed by atoms with E-state index in [1.165, 1.54) is 24.1 Å². The first-order chi connectivity index (χ1) is 14.7. The Kier molecular flexibility index (Phi) is 5.23. The van der Waals surface area contributed by atoms with Gasteiger partial charge in [-0.25, -0.2) is 9.50 Å². The molecule has 1 unspecified atom stereocenters. The lowest BCUT2D eigenvalue weighted by Crippen LogP contribution is -2.34. The fourth-order valence-corrected chi connectivity index (χ4v) is 4.68. The normalized spacial score (nSPS) is 17.5. The third-order valence-corrected chi connectivity index (χ3v) is 6.21. The van der Waals surface area contributed by atoms with E-state index in [-0.39, 0.29) is 0 Å². The van der Waals surface area contributed by atoms with E-state index in [0.717, 1.165) is 41.5 Å². The van der Waals surface area contributed by atoms with Gasteiger partial charge in [-0.15, -0.1) is 0 Å². The SMILES string of the molecule is Cc1cc(C2CCCN(Cc3ccc(-c4ccccc4Cl)cc3)C2)n2ncnc2n1. The van der Waals surface area contributed by atoms with Crippen LogP contribution in [0, 0.1) is 6.92 Å². The Morgan fingerprint density at radius 1 is 1.10 bits per heavy atom. The molecular weight excluding hydrogens is 394 g/mol. The van der Waals surface area contributed by atoms with Gasteiger partial charge in [-0.05, 0) is 49.6 Å². The zero-order valence-electron chi connectivity index (χ0n) is 17.0. The zero-order chi connectivity index (χ0) is 20.5. The molecule has 5 rings (SSSR count). The highest BCUT2D eigenvalue weighted by Crippen LogP contribution is 2.30. The summed E-state index contributed by atoms with van der Waals surface area (Å²) in [6, 6.07) is 18.9. The van der Waals surface area contributed by atoms with Gasteiger partial charge in [0.15, 0.2) is 0 Å². The molecule has 1 saturated heterocycles. The van der Waals surface area contributed by atoms with Crippen molar-refractivity contribution < 1.29 is 0 Å². The predicted octanol–water partition coefficient (Wildman–Crippen LogP) is 5.13. The van der Waals surface area contributed by atoms with Gasteiger partial charge in [0.1, 0.15) is 6.33 Å². The van der Waals surface area contributed by atoms with Crippen molar-refractivity contribution in [1.29, 1.82) is 0 Å². The van der Waals surface area contributed by atoms with Gasteiger partial charge in [-0.3, -0.25) is 4.90 Å². The summed E-state index contributed by atoms with van der Waals surface area (Å²) in [7, 11) is 0. The van der Waals surface area contributed by atoms with Crippen molar-refractivity contribution in [2.75, 3.05) is 13.1 Å². The molecule has 1 fully saturated rings. The van der Waals surface area contributed by atoms with Crippen LogP contribution in [-0.2, 0) is 6.54 Å². The highest BCUT2D eigenvalue weighted by molar-refractivity contribution is 6.33. The molecule has 152 valence electrons. The van der Waals surface area contributed by atoms with Crippen LogP contribution in [0.2, 0.25) is 5.02 Å². The molecule has 0 bridgehead atoms. The largest absolute Gasteiger partial charge is 0.298 e. The number of piperidine rings is 1. The first-order valence-electron chi connectivity index (χ1n) is 10.4. The molecule has 1 atom stereocenters. The van der Waals surface area contributed by atoms with Crippen LogP contribution in [0.25, 0.3) is 16.9 Å². The Bertz CT molecular complexity index is 1170. The van der Waals surface area contributed by atoms with Gasteiger partial charge in [0, 0.05) is 35.3 Å². The highest BCUT2D eigenvalue weighted by atomic mass is 35.5. The third-order valence-electron chi connectivity index (χ3n) is 5.88. The maximum Gasteiger partial charge on any atom is 0.252 e. The second-order valence-corrected chi connectivity index (χ2v) is 8.45. The van der Waals surface area contributed by atoms with Crippen molar-refractivity contribution in [3.63, 3.8) is 0 Å². The van der Waals surface area contributed by atoms with Crippen molar-refractivity contribution in [3.8, 4) is 11.1 Å². The number of hydrogen-bond donors (Lipinski definition) is 0. The van der Waals surface area contributed by atoms with Crippen LogP contribution in [0.15, 0.2) is 60.9 Å². The lowest BCUT2D eigenvalue weighted by molar-refractivity contribution is 0.197. The van der Waals surface area contributed by atoms with E-state index in [1.54, 1.807) is 6.33 Å². The first kappa shape index (κ1) is 19.2. The van der Waals surface area contributed by atoms with Crippen molar-refractivity contribution in [2.24, 2.45) is 0 Å². The Hall–Kier alpha value is -2.76. The van der Waals surface area contributed by atoms with Crippen LogP contribution in [0.4, 0.5) is 0 Å². The second-order valence-electron chi connectivity index (χ2n) is 8.05. The quantitative estimate of drug-likeness (QED) is 0.461. The maximum atomic E-state index is 6.35. The number of nitrogens with zero attached hydrogens (tertiary/aromatic N) is 5. The summed E-state index contributed by atoms with van der Waals surface area (Å²) in [5.74, 6) is 1.13. The molecule has 2 aromatic heterocycles. The summed E-state index contributed by atoms with van der Waals surface area (Å²) in [5, 5.41) is 5.19. The molecule has 1 aliphatic heterocycles. The van der Waals surface area contributed by atoms with Crippen LogP contribution < -0.4 is 0 Å². The van der Waals surface area contributed by atoms with Crippen LogP contribution in [0.3, 0.4) is 0 Å². The Morgan fingerprint density at radius 2 is 1.93 bits per heavy atom. The number of aryl methyl sites for hydroxylation is 1. The Labute approximate surface area is 181 Å². The molecule has 0 aliphatic carbocycles. The van der Waals surface area contributed by atoms with Crippen molar-refractivity contribution >= 4 is 17.4 Å². The van der Waals surface area contributed by atoms with E-state index in [4.69, 9.17) is 11.6 Å². The fourth-order valence-electron chi connectivity index (χ4n) is 4.43. The van der Waals surface area contributed by atoms with E-state index in [0.29, 0.717) is 11.7 Å². The molecule has 30 heavy (non-hydrogen) atoms. The van der Waals surface area contributed by atoms with Gasteiger partial charge in [0.05, 0.1) is 5.69 Å². The van der Waals surface area contributed by atoms with Gasteiger partial charge in [0.25, 0.3) is 5.78 Å². The molecule has 6 heteroatoms. The first-order valence-corrected chi connectivity index (χ1v) is 10.8. The van der Waals surface area contributed by atoms with Crippen molar-refractivity contribution in [3.05, 3.63) is 82.9 Å². The molecule has 3 heterocycles. The minimum absolute atomic E-state index is 0.437. The maximum absolute atomic E-state index is 6.35. The minimum Gasteiger partial charge on any atom is -0.298 e. The smallest absolute Gasteiger partial charge is 0.252 e. The lowest BCUT2D eigenvalue weighted by Gasteiger charge is -2.33. The summed E-state index contributed by atoms with van der Waals surface area (Å²) in [6.45, 7) is 5.11. The van der Waals surface area contributed by atoms with Crippen molar-refractivity contribution in [2.45, 2.75) is 32.2 Å². The van der Waals surface area contributed by atoms with Crippen LogP contribution >= 0.6 is 11.6 Å². The molecule has 1 aliphatic rings. The minimum atomic E-state index is 0.437. The average Bonchev–Trinajstić information content (AvgIpc) is 3.23. The number of aromatic nitrogens is 4. The molecule has 0 N–H and O–H groups in total. The summed E-state index contributed by atoms with van der Waals surface area (Å²) in [5.41, 5.74) is 5.77.